The number of aryl methyl sites for hydroxylation is 1. The fraction of sp³-hybridized carbons (Fsp3) is 0.238. The van der Waals surface area contributed by atoms with E-state index in [1.54, 1.807) is 38.4 Å². The number of hydrogen-bond donors (Lipinski definition) is 1. The summed E-state index contributed by atoms with van der Waals surface area (Å²) in [6, 6.07) is 11.8. The Hall–Kier alpha value is -2.70. The van der Waals surface area contributed by atoms with Gasteiger partial charge in [-0.25, -0.2) is 4.98 Å². The van der Waals surface area contributed by atoms with E-state index in [4.69, 9.17) is 32.7 Å². The summed E-state index contributed by atoms with van der Waals surface area (Å²) in [7, 11) is 3.46. The Bertz CT molecular complexity index is 1010. The number of halogens is 2. The lowest BCUT2D eigenvalue weighted by Gasteiger charge is -2.23. The van der Waals surface area contributed by atoms with Crippen LogP contribution in [0.3, 0.4) is 0 Å². The fourth-order valence-electron chi connectivity index (χ4n) is 2.91. The molecule has 152 valence electrons. The van der Waals surface area contributed by atoms with Crippen molar-refractivity contribution in [2.24, 2.45) is 7.05 Å². The first-order chi connectivity index (χ1) is 13.9. The third-order valence-electron chi connectivity index (χ3n) is 4.43. The molecule has 1 heterocycles. The average molecular weight is 434 g/mol. The second-order valence-electron chi connectivity index (χ2n) is 6.42. The number of ether oxygens (including phenoxy) is 2. The van der Waals surface area contributed by atoms with Crippen LogP contribution in [0.2, 0.25) is 10.0 Å². The average Bonchev–Trinajstić information content (AvgIpc) is 3.14. The quantitative estimate of drug-likeness (QED) is 0.599. The molecule has 1 N–H and O–H groups in total. The molecule has 0 saturated carbocycles. The molecule has 2 unspecified atom stereocenters. The van der Waals surface area contributed by atoms with Gasteiger partial charge in [0.1, 0.15) is 23.4 Å². The molecule has 2 atom stereocenters. The smallest absolute Gasteiger partial charge is 0.261 e. The maximum atomic E-state index is 12.9. The Morgan fingerprint density at radius 1 is 1.17 bits per heavy atom. The topological polar surface area (TPSA) is 65.4 Å². The number of carbonyl (C=O) groups excluding carboxylic acids is 1. The van der Waals surface area contributed by atoms with Gasteiger partial charge >= 0.3 is 0 Å². The van der Waals surface area contributed by atoms with E-state index in [1.165, 1.54) is 0 Å². The monoisotopic (exact) mass is 433 g/mol. The summed E-state index contributed by atoms with van der Waals surface area (Å²) in [5, 5.41) is 3.79. The summed E-state index contributed by atoms with van der Waals surface area (Å²) in [6.07, 6.45) is 2.73. The number of para-hydroxylation sites is 1. The molecular formula is C21H21Cl2N3O3. The van der Waals surface area contributed by atoms with Crippen LogP contribution in [0.5, 0.6) is 11.5 Å². The summed E-state index contributed by atoms with van der Waals surface area (Å²) < 4.78 is 13.1. The largest absolute Gasteiger partial charge is 0.496 e. The molecule has 6 nitrogen and oxygen atoms in total. The van der Waals surface area contributed by atoms with Gasteiger partial charge in [-0.2, -0.15) is 0 Å². The molecular weight excluding hydrogens is 413 g/mol. The minimum absolute atomic E-state index is 0.310. The van der Waals surface area contributed by atoms with E-state index in [-0.39, 0.29) is 5.91 Å². The third kappa shape index (κ3) is 4.83. The molecule has 0 aliphatic carbocycles. The van der Waals surface area contributed by atoms with Crippen molar-refractivity contribution in [1.29, 1.82) is 0 Å². The molecule has 0 aliphatic rings. The summed E-state index contributed by atoms with van der Waals surface area (Å²) in [6.45, 7) is 1.66. The highest BCUT2D eigenvalue weighted by Crippen LogP contribution is 2.30. The SMILES string of the molecule is COc1ccccc1C(NC(=O)C(C)Oc1ccc(Cl)c(Cl)c1)c1nccn1C. The lowest BCUT2D eigenvalue weighted by atomic mass is 10.0. The molecule has 0 aliphatic heterocycles. The van der Waals surface area contributed by atoms with Crippen molar-refractivity contribution in [3.63, 3.8) is 0 Å². The van der Waals surface area contributed by atoms with Gasteiger partial charge in [-0.3, -0.25) is 4.79 Å². The molecule has 8 heteroatoms. The van der Waals surface area contributed by atoms with Crippen LogP contribution < -0.4 is 14.8 Å². The maximum absolute atomic E-state index is 12.9. The van der Waals surface area contributed by atoms with E-state index in [0.29, 0.717) is 27.4 Å². The number of carbonyl (C=O) groups is 1. The van der Waals surface area contributed by atoms with Gasteiger partial charge in [-0.15, -0.1) is 0 Å². The van der Waals surface area contributed by atoms with Gasteiger partial charge in [-0.05, 0) is 25.1 Å². The number of nitrogens with one attached hydrogen (secondary N) is 1. The van der Waals surface area contributed by atoms with E-state index in [1.807, 2.05) is 42.1 Å². The number of aromatic nitrogens is 2. The number of amides is 1. The predicted octanol–water partition coefficient (Wildman–Crippen LogP) is 4.41. The Balaban J connectivity index is 1.84. The zero-order valence-corrected chi connectivity index (χ0v) is 17.7. The van der Waals surface area contributed by atoms with E-state index in [0.717, 1.165) is 5.56 Å². The summed E-state index contributed by atoms with van der Waals surface area (Å²) >= 11 is 12.0. The van der Waals surface area contributed by atoms with Crippen LogP contribution >= 0.6 is 23.2 Å². The van der Waals surface area contributed by atoms with Gasteiger partial charge in [0.15, 0.2) is 6.10 Å². The lowest BCUT2D eigenvalue weighted by molar-refractivity contribution is -0.127. The normalized spacial score (nSPS) is 12.9. The van der Waals surface area contributed by atoms with Gasteiger partial charge < -0.3 is 19.4 Å². The van der Waals surface area contributed by atoms with Crippen molar-refractivity contribution in [3.05, 3.63) is 76.3 Å². The summed E-state index contributed by atoms with van der Waals surface area (Å²) in [5.41, 5.74) is 0.791. The van der Waals surface area contributed by atoms with Crippen molar-refractivity contribution >= 4 is 29.1 Å². The molecule has 1 aromatic heterocycles. The van der Waals surface area contributed by atoms with E-state index >= 15 is 0 Å². The zero-order valence-electron chi connectivity index (χ0n) is 16.2. The molecule has 3 aromatic rings. The molecule has 0 saturated heterocycles. The molecule has 1 amide bonds. The maximum Gasteiger partial charge on any atom is 0.261 e. The van der Waals surface area contributed by atoms with Gasteiger partial charge in [0.25, 0.3) is 5.91 Å². The standard InChI is InChI=1S/C21H21Cl2N3O3/c1-13(29-14-8-9-16(22)17(23)12-14)21(27)25-19(20-24-10-11-26(20)2)15-6-4-5-7-18(15)28-3/h4-13,19H,1-3H3,(H,25,27). The molecule has 0 bridgehead atoms. The summed E-state index contributed by atoms with van der Waals surface area (Å²) in [4.78, 5) is 17.3. The first-order valence-corrected chi connectivity index (χ1v) is 9.68. The third-order valence-corrected chi connectivity index (χ3v) is 5.17. The van der Waals surface area contributed by atoms with Crippen molar-refractivity contribution in [2.75, 3.05) is 7.11 Å². The van der Waals surface area contributed by atoms with Crippen LogP contribution in [0, 0.1) is 0 Å². The van der Waals surface area contributed by atoms with Crippen LogP contribution in [0.1, 0.15) is 24.4 Å². The molecule has 2 aromatic carbocycles. The molecule has 0 radical (unpaired) electrons. The van der Waals surface area contributed by atoms with Crippen molar-refractivity contribution in [2.45, 2.75) is 19.1 Å². The Kier molecular flexibility index (Phi) is 6.67. The van der Waals surface area contributed by atoms with Gasteiger partial charge in [0.05, 0.1) is 17.2 Å². The van der Waals surface area contributed by atoms with Crippen LogP contribution in [-0.4, -0.2) is 28.7 Å². The van der Waals surface area contributed by atoms with Crippen LogP contribution in [-0.2, 0) is 11.8 Å². The van der Waals surface area contributed by atoms with Gasteiger partial charge in [-0.1, -0.05) is 41.4 Å². The molecule has 29 heavy (non-hydrogen) atoms. The number of hydrogen-bond acceptors (Lipinski definition) is 4. The number of benzene rings is 2. The van der Waals surface area contributed by atoms with E-state index < -0.39 is 12.1 Å². The Morgan fingerprint density at radius 2 is 1.93 bits per heavy atom. The number of imidazole rings is 1. The van der Waals surface area contributed by atoms with Crippen molar-refractivity contribution in [3.8, 4) is 11.5 Å². The second-order valence-corrected chi connectivity index (χ2v) is 7.23. The Morgan fingerprint density at radius 3 is 2.59 bits per heavy atom. The second kappa shape index (κ2) is 9.20. The predicted molar refractivity (Wildman–Crippen MR) is 113 cm³/mol. The van der Waals surface area contributed by atoms with Crippen LogP contribution in [0.25, 0.3) is 0 Å². The van der Waals surface area contributed by atoms with E-state index in [2.05, 4.69) is 10.3 Å². The van der Waals surface area contributed by atoms with E-state index in [9.17, 15) is 4.79 Å². The summed E-state index contributed by atoms with van der Waals surface area (Å²) in [5.74, 6) is 1.46. The van der Waals surface area contributed by atoms with Crippen molar-refractivity contribution in [1.82, 2.24) is 14.9 Å². The lowest BCUT2D eigenvalue weighted by Crippen LogP contribution is -2.40. The van der Waals surface area contributed by atoms with Crippen LogP contribution in [0.15, 0.2) is 54.9 Å². The minimum Gasteiger partial charge on any atom is -0.496 e. The Labute approximate surface area is 179 Å². The molecule has 0 spiro atoms. The zero-order chi connectivity index (χ0) is 21.0. The van der Waals surface area contributed by atoms with Crippen LogP contribution in [0.4, 0.5) is 0 Å². The number of rotatable bonds is 7. The van der Waals surface area contributed by atoms with Gasteiger partial charge in [0.2, 0.25) is 0 Å². The first kappa shape index (κ1) is 21.0. The minimum atomic E-state index is -0.773. The first-order valence-electron chi connectivity index (χ1n) is 8.93. The number of nitrogens with zero attached hydrogens (tertiary/aromatic N) is 2. The highest BCUT2D eigenvalue weighted by molar-refractivity contribution is 6.42. The molecule has 0 fully saturated rings. The highest BCUT2D eigenvalue weighted by atomic mass is 35.5. The van der Waals surface area contributed by atoms with Crippen molar-refractivity contribution < 1.29 is 14.3 Å². The molecule has 3 rings (SSSR count). The fourth-order valence-corrected chi connectivity index (χ4v) is 3.20. The number of methoxy groups -OCH3 is 1. The van der Waals surface area contributed by atoms with Gasteiger partial charge in [0, 0.05) is 31.1 Å². The highest BCUT2D eigenvalue weighted by Gasteiger charge is 2.26.